The van der Waals surface area contributed by atoms with Gasteiger partial charge in [0.05, 0.1) is 23.7 Å². The quantitative estimate of drug-likeness (QED) is 0.700. The lowest BCUT2D eigenvalue weighted by Crippen LogP contribution is -2.03. The molecule has 92 valence electrons. The summed E-state index contributed by atoms with van der Waals surface area (Å²) in [7, 11) is 0. The van der Waals surface area contributed by atoms with Crippen LogP contribution in [0.1, 0.15) is 16.8 Å². The van der Waals surface area contributed by atoms with Crippen LogP contribution in [-0.2, 0) is 6.54 Å². The number of nitriles is 1. The predicted octanol–water partition coefficient (Wildman–Crippen LogP) is 2.66. The lowest BCUT2D eigenvalue weighted by Gasteiger charge is -2.04. The third-order valence-electron chi connectivity index (χ3n) is 3.03. The highest BCUT2D eigenvalue weighted by atomic mass is 15.3. The number of benzene rings is 1. The zero-order chi connectivity index (χ0) is 13.2. The third-order valence-corrected chi connectivity index (χ3v) is 3.03. The summed E-state index contributed by atoms with van der Waals surface area (Å²) in [5.41, 5.74) is 3.38. The van der Waals surface area contributed by atoms with Crippen molar-refractivity contribution in [3.05, 3.63) is 59.4 Å². The van der Waals surface area contributed by atoms with Crippen molar-refractivity contribution in [2.45, 2.75) is 13.5 Å². The van der Waals surface area contributed by atoms with E-state index < -0.39 is 0 Å². The smallest absolute Gasteiger partial charge is 0.159 e. The van der Waals surface area contributed by atoms with Crippen LogP contribution in [0.15, 0.2) is 42.6 Å². The van der Waals surface area contributed by atoms with Gasteiger partial charge >= 0.3 is 0 Å². The first-order valence-corrected chi connectivity index (χ1v) is 6.05. The molecular weight excluding hydrogens is 236 g/mol. The van der Waals surface area contributed by atoms with E-state index in [1.54, 1.807) is 12.3 Å². The normalized spacial score (nSPS) is 10.5. The Labute approximate surface area is 110 Å². The first-order valence-electron chi connectivity index (χ1n) is 6.05. The Hall–Kier alpha value is -2.67. The lowest BCUT2D eigenvalue weighted by atomic mass is 10.2. The Balaban J connectivity index is 2.11. The van der Waals surface area contributed by atoms with Crippen LogP contribution in [0.5, 0.6) is 0 Å². The van der Waals surface area contributed by atoms with Crippen LogP contribution in [-0.4, -0.2) is 14.8 Å². The van der Waals surface area contributed by atoms with E-state index >= 15 is 0 Å². The summed E-state index contributed by atoms with van der Waals surface area (Å²) in [6.07, 6.45) is 1.71. The van der Waals surface area contributed by atoms with Crippen molar-refractivity contribution in [1.82, 2.24) is 14.8 Å². The minimum atomic E-state index is 0.627. The van der Waals surface area contributed by atoms with Crippen LogP contribution in [0.2, 0.25) is 0 Å². The molecule has 1 aromatic carbocycles. The second kappa shape index (κ2) is 4.54. The Bertz CT molecular complexity index is 766. The maximum absolute atomic E-state index is 9.14. The molecule has 0 unspecified atom stereocenters. The second-order valence-corrected chi connectivity index (χ2v) is 4.45. The Morgan fingerprint density at radius 3 is 2.79 bits per heavy atom. The van der Waals surface area contributed by atoms with Gasteiger partial charge in [0.2, 0.25) is 0 Å². The lowest BCUT2D eigenvalue weighted by molar-refractivity contribution is 0.703. The summed E-state index contributed by atoms with van der Waals surface area (Å²) in [6, 6.07) is 14.1. The summed E-state index contributed by atoms with van der Waals surface area (Å²) in [5, 5.41) is 14.3. The molecule has 2 aromatic heterocycles. The van der Waals surface area contributed by atoms with Crippen LogP contribution in [0, 0.1) is 18.3 Å². The number of hydrogen-bond donors (Lipinski definition) is 0. The molecule has 0 aliphatic rings. The van der Waals surface area contributed by atoms with Gasteiger partial charge in [-0.1, -0.05) is 30.3 Å². The number of aromatic nitrogens is 3. The molecule has 0 bridgehead atoms. The molecule has 0 saturated carbocycles. The average molecular weight is 248 g/mol. The maximum Gasteiger partial charge on any atom is 0.159 e. The van der Waals surface area contributed by atoms with Gasteiger partial charge in [-0.25, -0.2) is 9.67 Å². The Kier molecular flexibility index (Phi) is 2.73. The van der Waals surface area contributed by atoms with E-state index in [9.17, 15) is 0 Å². The van der Waals surface area contributed by atoms with E-state index in [2.05, 4.69) is 28.3 Å². The minimum Gasteiger partial charge on any atom is -0.243 e. The largest absolute Gasteiger partial charge is 0.243 e. The molecule has 2 heterocycles. The van der Waals surface area contributed by atoms with E-state index in [4.69, 9.17) is 5.26 Å². The standard InChI is InChI=1S/C15H12N4/c1-11-7-13(8-16)14-9-17-19(15(14)18-11)10-12-5-3-2-4-6-12/h2-7,9H,10H2,1H3. The summed E-state index contributed by atoms with van der Waals surface area (Å²) < 4.78 is 1.83. The molecule has 0 radical (unpaired) electrons. The molecule has 0 spiro atoms. The monoisotopic (exact) mass is 248 g/mol. The Morgan fingerprint density at radius 1 is 1.26 bits per heavy atom. The summed E-state index contributed by atoms with van der Waals surface area (Å²) in [6.45, 7) is 2.55. The van der Waals surface area contributed by atoms with Crippen molar-refractivity contribution >= 4 is 11.0 Å². The third kappa shape index (κ3) is 2.06. The Morgan fingerprint density at radius 2 is 2.05 bits per heavy atom. The predicted molar refractivity (Wildman–Crippen MR) is 72.5 cm³/mol. The molecule has 0 atom stereocenters. The highest BCUT2D eigenvalue weighted by molar-refractivity contribution is 5.81. The van der Waals surface area contributed by atoms with Gasteiger partial charge in [-0.15, -0.1) is 0 Å². The number of aryl methyl sites for hydroxylation is 1. The first kappa shape index (κ1) is 11.4. The van der Waals surface area contributed by atoms with Crippen molar-refractivity contribution in [2.24, 2.45) is 0 Å². The van der Waals surface area contributed by atoms with Crippen molar-refractivity contribution in [3.8, 4) is 6.07 Å². The van der Waals surface area contributed by atoms with E-state index in [0.29, 0.717) is 12.1 Å². The van der Waals surface area contributed by atoms with Crippen molar-refractivity contribution in [3.63, 3.8) is 0 Å². The molecule has 0 fully saturated rings. The summed E-state index contributed by atoms with van der Waals surface area (Å²) >= 11 is 0. The molecule has 0 amide bonds. The molecule has 0 aliphatic heterocycles. The van der Waals surface area contributed by atoms with Gasteiger partial charge in [-0.05, 0) is 18.6 Å². The number of nitrogens with zero attached hydrogens (tertiary/aromatic N) is 4. The fraction of sp³-hybridized carbons (Fsp3) is 0.133. The zero-order valence-corrected chi connectivity index (χ0v) is 10.5. The van der Waals surface area contributed by atoms with Gasteiger partial charge in [0.25, 0.3) is 0 Å². The first-order chi connectivity index (χ1) is 9.28. The van der Waals surface area contributed by atoms with Crippen LogP contribution < -0.4 is 0 Å². The number of hydrogen-bond acceptors (Lipinski definition) is 3. The van der Waals surface area contributed by atoms with E-state index in [0.717, 1.165) is 22.3 Å². The van der Waals surface area contributed by atoms with Crippen LogP contribution in [0.25, 0.3) is 11.0 Å². The number of fused-ring (bicyclic) bond motifs is 1. The van der Waals surface area contributed by atoms with E-state index in [1.165, 1.54) is 0 Å². The van der Waals surface area contributed by atoms with Gasteiger partial charge < -0.3 is 0 Å². The molecule has 4 heteroatoms. The molecule has 0 N–H and O–H groups in total. The van der Waals surface area contributed by atoms with Gasteiger partial charge in [0.15, 0.2) is 5.65 Å². The van der Waals surface area contributed by atoms with Gasteiger partial charge in [-0.2, -0.15) is 10.4 Å². The van der Waals surface area contributed by atoms with Crippen molar-refractivity contribution in [2.75, 3.05) is 0 Å². The van der Waals surface area contributed by atoms with Crippen molar-refractivity contribution in [1.29, 1.82) is 5.26 Å². The molecule has 0 saturated heterocycles. The number of pyridine rings is 1. The molecule has 4 nitrogen and oxygen atoms in total. The SMILES string of the molecule is Cc1cc(C#N)c2cnn(Cc3ccccc3)c2n1. The fourth-order valence-electron chi connectivity index (χ4n) is 2.14. The summed E-state index contributed by atoms with van der Waals surface area (Å²) in [4.78, 5) is 4.49. The van der Waals surface area contributed by atoms with Crippen LogP contribution in [0.4, 0.5) is 0 Å². The van der Waals surface area contributed by atoms with Crippen LogP contribution in [0.3, 0.4) is 0 Å². The van der Waals surface area contributed by atoms with Gasteiger partial charge in [-0.3, -0.25) is 0 Å². The molecular formula is C15H12N4. The second-order valence-electron chi connectivity index (χ2n) is 4.45. The number of rotatable bonds is 2. The summed E-state index contributed by atoms with van der Waals surface area (Å²) in [5.74, 6) is 0. The zero-order valence-electron chi connectivity index (χ0n) is 10.5. The minimum absolute atomic E-state index is 0.627. The molecule has 0 aliphatic carbocycles. The van der Waals surface area contributed by atoms with Crippen molar-refractivity contribution < 1.29 is 0 Å². The van der Waals surface area contributed by atoms with Gasteiger partial charge in [0, 0.05) is 5.69 Å². The van der Waals surface area contributed by atoms with E-state index in [-0.39, 0.29) is 0 Å². The maximum atomic E-state index is 9.14. The highest BCUT2D eigenvalue weighted by Crippen LogP contribution is 2.18. The average Bonchev–Trinajstić information content (AvgIpc) is 2.82. The molecule has 3 aromatic rings. The topological polar surface area (TPSA) is 54.5 Å². The molecule has 3 rings (SSSR count). The van der Waals surface area contributed by atoms with Gasteiger partial charge in [0.1, 0.15) is 6.07 Å². The molecule has 19 heavy (non-hydrogen) atoms. The highest BCUT2D eigenvalue weighted by Gasteiger charge is 2.09. The van der Waals surface area contributed by atoms with E-state index in [1.807, 2.05) is 29.8 Å². The van der Waals surface area contributed by atoms with Crippen LogP contribution >= 0.6 is 0 Å². The fourth-order valence-corrected chi connectivity index (χ4v) is 2.14.